The van der Waals surface area contributed by atoms with Crippen molar-refractivity contribution in [2.45, 2.75) is 51.1 Å². The molecule has 19 heavy (non-hydrogen) atoms. The van der Waals surface area contributed by atoms with E-state index < -0.39 is 0 Å². The Balaban J connectivity index is 1.85. The predicted octanol–water partition coefficient (Wildman–Crippen LogP) is 2.15. The first-order valence-electron chi connectivity index (χ1n) is 7.57. The molecule has 4 nitrogen and oxygen atoms in total. The Kier molecular flexibility index (Phi) is 5.40. The summed E-state index contributed by atoms with van der Waals surface area (Å²) in [6, 6.07) is 0.503. The summed E-state index contributed by atoms with van der Waals surface area (Å²) in [6.45, 7) is 1.70. The summed E-state index contributed by atoms with van der Waals surface area (Å²) in [5, 5.41) is 4.23. The maximum absolute atomic E-state index is 5.99. The number of rotatable bonds is 6. The fraction of sp³-hybridized carbons (Fsp3) is 0.800. The standard InChI is InChI=1S/C15H28N4/c1-18(11-14-10-17-19(2)12-14)15(9-16)8-13-6-4-3-5-7-13/h10,12-13,15H,3-9,11,16H2,1-2H3. The highest BCUT2D eigenvalue weighted by Gasteiger charge is 2.21. The van der Waals surface area contributed by atoms with E-state index in [-0.39, 0.29) is 0 Å². The highest BCUT2D eigenvalue weighted by atomic mass is 15.2. The SMILES string of the molecule is CN(Cc1cnn(C)c1)C(CN)CC1CCCCC1. The zero-order valence-electron chi connectivity index (χ0n) is 12.4. The molecule has 108 valence electrons. The summed E-state index contributed by atoms with van der Waals surface area (Å²) < 4.78 is 1.86. The third-order valence-electron chi connectivity index (χ3n) is 4.42. The maximum Gasteiger partial charge on any atom is 0.0534 e. The van der Waals surface area contributed by atoms with E-state index in [2.05, 4.69) is 23.2 Å². The van der Waals surface area contributed by atoms with Gasteiger partial charge in [0.25, 0.3) is 0 Å². The molecule has 1 saturated carbocycles. The highest BCUT2D eigenvalue weighted by molar-refractivity contribution is 5.03. The Morgan fingerprint density at radius 3 is 2.74 bits per heavy atom. The topological polar surface area (TPSA) is 47.1 Å². The van der Waals surface area contributed by atoms with Crippen molar-refractivity contribution in [2.24, 2.45) is 18.7 Å². The summed E-state index contributed by atoms with van der Waals surface area (Å²) >= 11 is 0. The van der Waals surface area contributed by atoms with Gasteiger partial charge in [0.1, 0.15) is 0 Å². The Bertz CT molecular complexity index is 368. The zero-order chi connectivity index (χ0) is 13.7. The van der Waals surface area contributed by atoms with Crippen LogP contribution in [-0.4, -0.2) is 34.3 Å². The molecule has 0 aliphatic heterocycles. The third kappa shape index (κ3) is 4.32. The number of nitrogens with zero attached hydrogens (tertiary/aromatic N) is 3. The predicted molar refractivity (Wildman–Crippen MR) is 78.7 cm³/mol. The molecular formula is C15H28N4. The molecule has 1 aliphatic carbocycles. The Labute approximate surface area is 117 Å². The molecule has 0 spiro atoms. The molecule has 0 radical (unpaired) electrons. The molecule has 1 aromatic rings. The van der Waals surface area contributed by atoms with Gasteiger partial charge in [0.15, 0.2) is 0 Å². The first-order valence-corrected chi connectivity index (χ1v) is 7.57. The summed E-state index contributed by atoms with van der Waals surface area (Å²) in [6.07, 6.45) is 12.3. The van der Waals surface area contributed by atoms with Gasteiger partial charge in [-0.15, -0.1) is 0 Å². The average molecular weight is 264 g/mol. The molecule has 0 saturated heterocycles. The van der Waals surface area contributed by atoms with Gasteiger partial charge in [-0.1, -0.05) is 32.1 Å². The monoisotopic (exact) mass is 264 g/mol. The summed E-state index contributed by atoms with van der Waals surface area (Å²) in [4.78, 5) is 2.39. The summed E-state index contributed by atoms with van der Waals surface area (Å²) in [5.74, 6) is 0.888. The molecule has 1 heterocycles. The molecular weight excluding hydrogens is 236 g/mol. The van der Waals surface area contributed by atoms with Crippen LogP contribution in [0, 0.1) is 5.92 Å². The molecule has 0 aromatic carbocycles. The van der Waals surface area contributed by atoms with Crippen LogP contribution in [0.1, 0.15) is 44.1 Å². The largest absolute Gasteiger partial charge is 0.329 e. The lowest BCUT2D eigenvalue weighted by molar-refractivity contribution is 0.185. The number of aromatic nitrogens is 2. The Morgan fingerprint density at radius 1 is 1.42 bits per heavy atom. The lowest BCUT2D eigenvalue weighted by Gasteiger charge is -2.31. The van der Waals surface area contributed by atoms with Gasteiger partial charge in [0.2, 0.25) is 0 Å². The minimum atomic E-state index is 0.503. The van der Waals surface area contributed by atoms with E-state index in [0.29, 0.717) is 6.04 Å². The van der Waals surface area contributed by atoms with Crippen molar-refractivity contribution in [1.82, 2.24) is 14.7 Å². The lowest BCUT2D eigenvalue weighted by Crippen LogP contribution is -2.39. The van der Waals surface area contributed by atoms with Crippen molar-refractivity contribution in [3.8, 4) is 0 Å². The Morgan fingerprint density at radius 2 is 2.16 bits per heavy atom. The van der Waals surface area contributed by atoms with Crippen LogP contribution in [0.5, 0.6) is 0 Å². The van der Waals surface area contributed by atoms with Crippen molar-refractivity contribution in [3.63, 3.8) is 0 Å². The average Bonchev–Trinajstić information content (AvgIpc) is 2.82. The molecule has 1 aliphatic rings. The van der Waals surface area contributed by atoms with E-state index in [4.69, 9.17) is 5.73 Å². The summed E-state index contributed by atoms with van der Waals surface area (Å²) in [7, 11) is 4.15. The van der Waals surface area contributed by atoms with Crippen LogP contribution in [0.2, 0.25) is 0 Å². The lowest BCUT2D eigenvalue weighted by atomic mass is 9.84. The van der Waals surface area contributed by atoms with Crippen LogP contribution in [-0.2, 0) is 13.6 Å². The van der Waals surface area contributed by atoms with Crippen molar-refractivity contribution in [1.29, 1.82) is 0 Å². The van der Waals surface area contributed by atoms with Gasteiger partial charge >= 0.3 is 0 Å². The Hall–Kier alpha value is -0.870. The maximum atomic E-state index is 5.99. The molecule has 2 N–H and O–H groups in total. The minimum Gasteiger partial charge on any atom is -0.329 e. The van der Waals surface area contributed by atoms with E-state index in [0.717, 1.165) is 19.0 Å². The second-order valence-electron chi connectivity index (χ2n) is 6.07. The normalized spacial score (nSPS) is 18.9. The molecule has 1 unspecified atom stereocenters. The first-order chi connectivity index (χ1) is 9.19. The summed E-state index contributed by atoms with van der Waals surface area (Å²) in [5.41, 5.74) is 7.26. The third-order valence-corrected chi connectivity index (χ3v) is 4.42. The van der Waals surface area contributed by atoms with Crippen LogP contribution < -0.4 is 5.73 Å². The van der Waals surface area contributed by atoms with Crippen LogP contribution in [0.15, 0.2) is 12.4 Å². The molecule has 0 bridgehead atoms. The smallest absolute Gasteiger partial charge is 0.0534 e. The first kappa shape index (κ1) is 14.5. The number of likely N-dealkylation sites (N-methyl/N-ethyl adjacent to an activating group) is 1. The fourth-order valence-corrected chi connectivity index (χ4v) is 3.23. The van der Waals surface area contributed by atoms with Crippen LogP contribution >= 0.6 is 0 Å². The van der Waals surface area contributed by atoms with E-state index >= 15 is 0 Å². The highest BCUT2D eigenvalue weighted by Crippen LogP contribution is 2.28. The van der Waals surface area contributed by atoms with Gasteiger partial charge in [-0.3, -0.25) is 9.58 Å². The number of hydrogen-bond donors (Lipinski definition) is 1. The molecule has 4 heteroatoms. The van der Waals surface area contributed by atoms with E-state index in [1.54, 1.807) is 0 Å². The van der Waals surface area contributed by atoms with E-state index in [9.17, 15) is 0 Å². The fourth-order valence-electron chi connectivity index (χ4n) is 3.23. The van der Waals surface area contributed by atoms with E-state index in [1.165, 1.54) is 44.1 Å². The number of nitrogens with two attached hydrogens (primary N) is 1. The zero-order valence-corrected chi connectivity index (χ0v) is 12.4. The van der Waals surface area contributed by atoms with Crippen LogP contribution in [0.3, 0.4) is 0 Å². The quantitative estimate of drug-likeness (QED) is 0.856. The van der Waals surface area contributed by atoms with Gasteiger partial charge in [-0.25, -0.2) is 0 Å². The van der Waals surface area contributed by atoms with Gasteiger partial charge in [0, 0.05) is 37.9 Å². The number of aryl methyl sites for hydroxylation is 1. The molecule has 1 aromatic heterocycles. The molecule has 1 atom stereocenters. The van der Waals surface area contributed by atoms with Crippen molar-refractivity contribution >= 4 is 0 Å². The van der Waals surface area contributed by atoms with Gasteiger partial charge in [-0.05, 0) is 19.4 Å². The van der Waals surface area contributed by atoms with Crippen LogP contribution in [0.25, 0.3) is 0 Å². The molecule has 0 amide bonds. The van der Waals surface area contributed by atoms with Gasteiger partial charge in [-0.2, -0.15) is 5.10 Å². The van der Waals surface area contributed by atoms with Crippen molar-refractivity contribution in [3.05, 3.63) is 18.0 Å². The second kappa shape index (κ2) is 7.06. The van der Waals surface area contributed by atoms with E-state index in [1.807, 2.05) is 17.9 Å². The molecule has 1 fully saturated rings. The van der Waals surface area contributed by atoms with Crippen molar-refractivity contribution in [2.75, 3.05) is 13.6 Å². The second-order valence-corrected chi connectivity index (χ2v) is 6.07. The van der Waals surface area contributed by atoms with Gasteiger partial charge in [0.05, 0.1) is 6.20 Å². The van der Waals surface area contributed by atoms with Crippen molar-refractivity contribution < 1.29 is 0 Å². The molecule has 2 rings (SSSR count). The number of hydrogen-bond acceptors (Lipinski definition) is 3. The van der Waals surface area contributed by atoms with Crippen LogP contribution in [0.4, 0.5) is 0 Å². The van der Waals surface area contributed by atoms with Gasteiger partial charge < -0.3 is 5.73 Å². The minimum absolute atomic E-state index is 0.503.